The zero-order chi connectivity index (χ0) is 15.1. The van der Waals surface area contributed by atoms with Crippen LogP contribution in [0.1, 0.15) is 11.1 Å². The Labute approximate surface area is 129 Å². The fraction of sp³-hybridized carbons (Fsp3) is 0.143. The monoisotopic (exact) mass is 338 g/mol. The molecule has 0 amide bonds. The van der Waals surface area contributed by atoms with Crippen LogP contribution in [0.2, 0.25) is 15.1 Å². The van der Waals surface area contributed by atoms with E-state index in [1.165, 1.54) is 31.2 Å². The number of rotatable bonds is 1. The molecule has 0 aromatic heterocycles. The predicted molar refractivity (Wildman–Crippen MR) is 76.6 cm³/mol. The third-order valence-corrected chi connectivity index (χ3v) is 3.99. The molecule has 0 heterocycles. The van der Waals surface area contributed by atoms with Gasteiger partial charge in [0.2, 0.25) is 0 Å². The molecular formula is C14H8Cl3F3. The molecule has 2 aromatic carbocycles. The Hall–Kier alpha value is -0.900. The van der Waals surface area contributed by atoms with E-state index in [1.54, 1.807) is 0 Å². The van der Waals surface area contributed by atoms with E-state index in [1.807, 2.05) is 0 Å². The van der Waals surface area contributed by atoms with Crippen LogP contribution in [0.4, 0.5) is 13.2 Å². The van der Waals surface area contributed by atoms with Gasteiger partial charge in [-0.2, -0.15) is 13.2 Å². The predicted octanol–water partition coefficient (Wildman–Crippen LogP) is 6.64. The molecule has 0 N–H and O–H groups in total. The van der Waals surface area contributed by atoms with Gasteiger partial charge in [0.05, 0.1) is 15.6 Å². The summed E-state index contributed by atoms with van der Waals surface area (Å²) in [4.78, 5) is 0. The number of hydrogen-bond donors (Lipinski definition) is 0. The van der Waals surface area contributed by atoms with Gasteiger partial charge in [0.15, 0.2) is 0 Å². The summed E-state index contributed by atoms with van der Waals surface area (Å²) in [5.41, 5.74) is -0.00982. The molecule has 0 saturated carbocycles. The van der Waals surface area contributed by atoms with Crippen LogP contribution < -0.4 is 0 Å². The highest BCUT2D eigenvalue weighted by molar-refractivity contribution is 6.46. The van der Waals surface area contributed by atoms with Crippen molar-refractivity contribution in [3.8, 4) is 11.1 Å². The molecule has 0 spiro atoms. The SMILES string of the molecule is Cc1ccc(-c2c(Cl)ccc(Cl)c2Cl)cc1C(F)(F)F. The summed E-state index contributed by atoms with van der Waals surface area (Å²) < 4.78 is 38.8. The van der Waals surface area contributed by atoms with E-state index in [-0.39, 0.29) is 26.2 Å². The van der Waals surface area contributed by atoms with Gasteiger partial charge in [0.25, 0.3) is 0 Å². The first-order chi connectivity index (χ1) is 9.21. The van der Waals surface area contributed by atoms with Gasteiger partial charge in [-0.1, -0.05) is 46.9 Å². The molecule has 0 aliphatic rings. The molecule has 6 heteroatoms. The van der Waals surface area contributed by atoms with Crippen LogP contribution in [0.3, 0.4) is 0 Å². The maximum atomic E-state index is 12.9. The van der Waals surface area contributed by atoms with Gasteiger partial charge in [0.1, 0.15) is 0 Å². The van der Waals surface area contributed by atoms with E-state index in [0.29, 0.717) is 5.56 Å². The molecule has 0 atom stereocenters. The first-order valence-corrected chi connectivity index (χ1v) is 6.67. The summed E-state index contributed by atoms with van der Waals surface area (Å²) in [6.07, 6.45) is -4.43. The van der Waals surface area contributed by atoms with Crippen LogP contribution in [-0.4, -0.2) is 0 Å². The van der Waals surface area contributed by atoms with Gasteiger partial charge >= 0.3 is 6.18 Å². The molecule has 0 bridgehead atoms. The third-order valence-electron chi connectivity index (χ3n) is 2.88. The minimum absolute atomic E-state index is 0.135. The summed E-state index contributed by atoms with van der Waals surface area (Å²) in [5, 5.41) is 0.618. The molecule has 0 radical (unpaired) electrons. The van der Waals surface area contributed by atoms with Crippen LogP contribution in [0.5, 0.6) is 0 Å². The van der Waals surface area contributed by atoms with Crippen LogP contribution in [0.25, 0.3) is 11.1 Å². The third kappa shape index (κ3) is 2.90. The van der Waals surface area contributed by atoms with Crippen LogP contribution in [0.15, 0.2) is 30.3 Å². The minimum Gasteiger partial charge on any atom is -0.166 e. The van der Waals surface area contributed by atoms with E-state index in [4.69, 9.17) is 34.8 Å². The molecule has 0 saturated heterocycles. The topological polar surface area (TPSA) is 0 Å². The highest BCUT2D eigenvalue weighted by Gasteiger charge is 2.32. The Morgan fingerprint density at radius 1 is 0.900 bits per heavy atom. The van der Waals surface area contributed by atoms with E-state index in [2.05, 4.69) is 0 Å². The largest absolute Gasteiger partial charge is 0.416 e. The highest BCUT2D eigenvalue weighted by Crippen LogP contribution is 2.41. The van der Waals surface area contributed by atoms with Crippen molar-refractivity contribution in [1.29, 1.82) is 0 Å². The zero-order valence-electron chi connectivity index (χ0n) is 10.2. The van der Waals surface area contributed by atoms with Crippen LogP contribution >= 0.6 is 34.8 Å². The average molecular weight is 340 g/mol. The van der Waals surface area contributed by atoms with E-state index in [9.17, 15) is 13.2 Å². The molecule has 0 unspecified atom stereocenters. The maximum absolute atomic E-state index is 12.9. The zero-order valence-corrected chi connectivity index (χ0v) is 12.4. The number of halogens is 6. The highest BCUT2D eigenvalue weighted by atomic mass is 35.5. The molecule has 0 aliphatic carbocycles. The van der Waals surface area contributed by atoms with E-state index in [0.717, 1.165) is 6.07 Å². The van der Waals surface area contributed by atoms with E-state index >= 15 is 0 Å². The van der Waals surface area contributed by atoms with Crippen molar-refractivity contribution in [2.75, 3.05) is 0 Å². The van der Waals surface area contributed by atoms with Gasteiger partial charge in [-0.05, 0) is 36.2 Å². The van der Waals surface area contributed by atoms with E-state index < -0.39 is 11.7 Å². The van der Waals surface area contributed by atoms with Gasteiger partial charge in [-0.25, -0.2) is 0 Å². The summed E-state index contributed by atoms with van der Waals surface area (Å²) in [5.74, 6) is 0. The molecule has 2 rings (SSSR count). The average Bonchev–Trinajstić information content (AvgIpc) is 2.35. The maximum Gasteiger partial charge on any atom is 0.416 e. The van der Waals surface area contributed by atoms with Crippen LogP contribution in [0, 0.1) is 6.92 Å². The normalized spacial score (nSPS) is 11.8. The van der Waals surface area contributed by atoms with Crippen molar-refractivity contribution >= 4 is 34.8 Å². The van der Waals surface area contributed by atoms with Crippen molar-refractivity contribution in [3.05, 3.63) is 56.5 Å². The number of benzene rings is 2. The molecule has 0 fully saturated rings. The Morgan fingerprint density at radius 2 is 1.50 bits per heavy atom. The van der Waals surface area contributed by atoms with Gasteiger partial charge in [-0.15, -0.1) is 0 Å². The minimum atomic E-state index is -4.43. The molecule has 20 heavy (non-hydrogen) atoms. The number of aryl methyl sites for hydroxylation is 1. The lowest BCUT2D eigenvalue weighted by molar-refractivity contribution is -0.138. The molecular weight excluding hydrogens is 332 g/mol. The lowest BCUT2D eigenvalue weighted by Gasteiger charge is -2.14. The van der Waals surface area contributed by atoms with Gasteiger partial charge in [-0.3, -0.25) is 0 Å². The van der Waals surface area contributed by atoms with Crippen molar-refractivity contribution in [3.63, 3.8) is 0 Å². The Morgan fingerprint density at radius 3 is 2.10 bits per heavy atom. The second-order valence-electron chi connectivity index (χ2n) is 4.25. The lowest BCUT2D eigenvalue weighted by atomic mass is 9.99. The summed E-state index contributed by atoms with van der Waals surface area (Å²) in [6.45, 7) is 1.40. The van der Waals surface area contributed by atoms with Crippen molar-refractivity contribution in [1.82, 2.24) is 0 Å². The molecule has 0 nitrogen and oxygen atoms in total. The van der Waals surface area contributed by atoms with Crippen molar-refractivity contribution < 1.29 is 13.2 Å². The number of hydrogen-bond acceptors (Lipinski definition) is 0. The number of alkyl halides is 3. The quantitative estimate of drug-likeness (QED) is 0.511. The Kier molecular flexibility index (Phi) is 4.24. The summed E-state index contributed by atoms with van der Waals surface area (Å²) in [6, 6.07) is 6.94. The molecule has 106 valence electrons. The van der Waals surface area contributed by atoms with Crippen molar-refractivity contribution in [2.24, 2.45) is 0 Å². The smallest absolute Gasteiger partial charge is 0.166 e. The lowest BCUT2D eigenvalue weighted by Crippen LogP contribution is -2.07. The van der Waals surface area contributed by atoms with Gasteiger partial charge < -0.3 is 0 Å². The fourth-order valence-electron chi connectivity index (χ4n) is 1.87. The first kappa shape index (κ1) is 15.5. The Balaban J connectivity index is 2.69. The first-order valence-electron chi connectivity index (χ1n) is 5.53. The molecule has 2 aromatic rings. The standard InChI is InChI=1S/C14H8Cl3F3/c1-7-2-3-8(6-9(7)14(18,19)20)12-10(15)4-5-11(16)13(12)17/h2-6H,1H3. The second-order valence-corrected chi connectivity index (χ2v) is 5.44. The van der Waals surface area contributed by atoms with Crippen LogP contribution in [-0.2, 0) is 6.18 Å². The fourth-order valence-corrected chi connectivity index (χ4v) is 2.62. The molecule has 0 aliphatic heterocycles. The van der Waals surface area contributed by atoms with Gasteiger partial charge in [0, 0.05) is 10.6 Å². The Bertz CT molecular complexity index is 663. The summed E-state index contributed by atoms with van der Waals surface area (Å²) >= 11 is 17.9. The summed E-state index contributed by atoms with van der Waals surface area (Å²) in [7, 11) is 0. The second kappa shape index (κ2) is 5.47. The van der Waals surface area contributed by atoms with Crippen molar-refractivity contribution in [2.45, 2.75) is 13.1 Å².